The summed E-state index contributed by atoms with van der Waals surface area (Å²) in [5.74, 6) is 0.362. The van der Waals surface area contributed by atoms with E-state index in [1.165, 1.54) is 5.56 Å². The maximum absolute atomic E-state index is 9.68. The van der Waals surface area contributed by atoms with Gasteiger partial charge in [0, 0.05) is 11.3 Å². The van der Waals surface area contributed by atoms with Crippen LogP contribution in [0, 0.1) is 11.3 Å². The topological polar surface area (TPSA) is 29.5 Å². The van der Waals surface area contributed by atoms with Gasteiger partial charge in [0.15, 0.2) is 0 Å². The highest BCUT2D eigenvalue weighted by molar-refractivity contribution is 5.14. The van der Waals surface area contributed by atoms with E-state index in [1.54, 1.807) is 0 Å². The summed E-state index contributed by atoms with van der Waals surface area (Å²) in [6, 6.07) is 10.2. The first kappa shape index (κ1) is 14.3. The minimum absolute atomic E-state index is 0.0650. The van der Waals surface area contributed by atoms with Crippen molar-refractivity contribution in [3.05, 3.63) is 48.0 Å². The second kappa shape index (κ2) is 5.89. The average molecular weight is 260 g/mol. The Bertz CT molecular complexity index is 426. The number of hydrogen-bond acceptors (Lipinski definition) is 2. The molecule has 0 radical (unpaired) electrons. The molecule has 2 heteroatoms. The first-order chi connectivity index (χ1) is 9.07. The van der Waals surface area contributed by atoms with Crippen LogP contribution in [0.2, 0.25) is 0 Å². The Kier molecular flexibility index (Phi) is 4.43. The molecule has 1 aliphatic carbocycles. The van der Waals surface area contributed by atoms with Gasteiger partial charge in [-0.05, 0) is 25.3 Å². The fourth-order valence-electron chi connectivity index (χ4n) is 3.02. The number of hydrogen-bond donors (Lipinski definition) is 1. The SMILES string of the molecule is C=C(C)[C@@H]1CC[C@](C)(CO)[C@@H]1OCc1ccccc1. The molecule has 0 aromatic heterocycles. The van der Waals surface area contributed by atoms with Crippen LogP contribution >= 0.6 is 0 Å². The zero-order valence-corrected chi connectivity index (χ0v) is 11.9. The van der Waals surface area contributed by atoms with Gasteiger partial charge in [0.05, 0.1) is 19.3 Å². The highest BCUT2D eigenvalue weighted by Gasteiger charge is 2.45. The molecule has 3 atom stereocenters. The minimum Gasteiger partial charge on any atom is -0.396 e. The van der Waals surface area contributed by atoms with Crippen LogP contribution in [0.1, 0.15) is 32.3 Å². The van der Waals surface area contributed by atoms with Gasteiger partial charge in [-0.3, -0.25) is 0 Å². The molecule has 1 aliphatic rings. The third-order valence-electron chi connectivity index (χ3n) is 4.35. The van der Waals surface area contributed by atoms with Crippen LogP contribution in [0.5, 0.6) is 0 Å². The quantitative estimate of drug-likeness (QED) is 0.820. The summed E-state index contributed by atoms with van der Waals surface area (Å²) < 4.78 is 6.15. The molecule has 1 N–H and O–H groups in total. The second-order valence-electron chi connectivity index (χ2n) is 6.02. The van der Waals surface area contributed by atoms with E-state index in [4.69, 9.17) is 4.74 Å². The fourth-order valence-corrected chi connectivity index (χ4v) is 3.02. The molecule has 0 saturated heterocycles. The van der Waals surface area contributed by atoms with Crippen LogP contribution in [-0.2, 0) is 11.3 Å². The lowest BCUT2D eigenvalue weighted by Crippen LogP contribution is -2.36. The summed E-state index contributed by atoms with van der Waals surface area (Å²) in [4.78, 5) is 0. The summed E-state index contributed by atoms with van der Waals surface area (Å²) in [5, 5.41) is 9.68. The summed E-state index contributed by atoms with van der Waals surface area (Å²) in [6.07, 6.45) is 2.13. The monoisotopic (exact) mass is 260 g/mol. The van der Waals surface area contributed by atoms with Crippen LogP contribution in [0.3, 0.4) is 0 Å². The van der Waals surface area contributed by atoms with Gasteiger partial charge in [-0.15, -0.1) is 0 Å². The summed E-state index contributed by atoms with van der Waals surface area (Å²) in [7, 11) is 0. The van der Waals surface area contributed by atoms with E-state index in [0.29, 0.717) is 12.5 Å². The van der Waals surface area contributed by atoms with Crippen molar-refractivity contribution in [1.29, 1.82) is 0 Å². The van der Waals surface area contributed by atoms with Crippen molar-refractivity contribution in [2.75, 3.05) is 6.61 Å². The fraction of sp³-hybridized carbons (Fsp3) is 0.529. The van der Waals surface area contributed by atoms with E-state index in [0.717, 1.165) is 18.4 Å². The maximum Gasteiger partial charge on any atom is 0.0721 e. The molecule has 2 rings (SSSR count). The lowest BCUT2D eigenvalue weighted by Gasteiger charge is -2.32. The van der Waals surface area contributed by atoms with Crippen LogP contribution < -0.4 is 0 Å². The van der Waals surface area contributed by atoms with Crippen molar-refractivity contribution in [2.45, 2.75) is 39.4 Å². The van der Waals surface area contributed by atoms with Crippen molar-refractivity contribution in [3.63, 3.8) is 0 Å². The first-order valence-electron chi connectivity index (χ1n) is 6.98. The Morgan fingerprint density at radius 3 is 2.68 bits per heavy atom. The van der Waals surface area contributed by atoms with Crippen molar-refractivity contribution in [2.24, 2.45) is 11.3 Å². The highest BCUT2D eigenvalue weighted by atomic mass is 16.5. The van der Waals surface area contributed by atoms with E-state index >= 15 is 0 Å². The molecule has 2 nitrogen and oxygen atoms in total. The Labute approximate surface area is 116 Å². The number of aliphatic hydroxyl groups excluding tert-OH is 1. The summed E-state index contributed by atoms with van der Waals surface area (Å²) in [6.45, 7) is 9.04. The molecular formula is C17H24O2. The van der Waals surface area contributed by atoms with Crippen LogP contribution in [0.25, 0.3) is 0 Å². The minimum atomic E-state index is -0.140. The van der Waals surface area contributed by atoms with Crippen molar-refractivity contribution in [1.82, 2.24) is 0 Å². The van der Waals surface area contributed by atoms with E-state index in [1.807, 2.05) is 18.2 Å². The number of aliphatic hydroxyl groups is 1. The molecule has 0 aliphatic heterocycles. The molecule has 0 unspecified atom stereocenters. The largest absolute Gasteiger partial charge is 0.396 e. The third-order valence-corrected chi connectivity index (χ3v) is 4.35. The molecule has 19 heavy (non-hydrogen) atoms. The molecule has 104 valence electrons. The van der Waals surface area contributed by atoms with Crippen molar-refractivity contribution in [3.8, 4) is 0 Å². The predicted octanol–water partition coefficient (Wildman–Crippen LogP) is 3.56. The standard InChI is InChI=1S/C17H24O2/c1-13(2)15-9-10-17(3,12-18)16(15)19-11-14-7-5-4-6-8-14/h4-8,15-16,18H,1,9-12H2,2-3H3/t15-,16+,17+/m0/s1. The lowest BCUT2D eigenvalue weighted by atomic mass is 9.84. The molecule has 1 saturated carbocycles. The molecule has 0 bridgehead atoms. The van der Waals surface area contributed by atoms with Gasteiger partial charge in [-0.1, -0.05) is 49.4 Å². The van der Waals surface area contributed by atoms with Gasteiger partial charge in [0.1, 0.15) is 0 Å². The zero-order chi connectivity index (χ0) is 13.9. The van der Waals surface area contributed by atoms with Crippen molar-refractivity contribution >= 4 is 0 Å². The Hall–Kier alpha value is -1.12. The van der Waals surface area contributed by atoms with Crippen LogP contribution in [-0.4, -0.2) is 17.8 Å². The van der Waals surface area contributed by atoms with Crippen molar-refractivity contribution < 1.29 is 9.84 Å². The van der Waals surface area contributed by atoms with Crippen LogP contribution in [0.4, 0.5) is 0 Å². The molecule has 1 aromatic carbocycles. The molecule has 0 spiro atoms. The molecule has 1 fully saturated rings. The van der Waals surface area contributed by atoms with E-state index in [2.05, 4.69) is 32.6 Å². The maximum atomic E-state index is 9.68. The Morgan fingerprint density at radius 2 is 2.11 bits per heavy atom. The molecule has 0 heterocycles. The van der Waals surface area contributed by atoms with Gasteiger partial charge in [-0.2, -0.15) is 0 Å². The van der Waals surface area contributed by atoms with Gasteiger partial charge in [0.2, 0.25) is 0 Å². The van der Waals surface area contributed by atoms with Gasteiger partial charge in [0.25, 0.3) is 0 Å². The second-order valence-corrected chi connectivity index (χ2v) is 6.02. The zero-order valence-electron chi connectivity index (χ0n) is 11.9. The number of ether oxygens (including phenoxy) is 1. The van der Waals surface area contributed by atoms with E-state index in [-0.39, 0.29) is 18.1 Å². The number of benzene rings is 1. The molecular weight excluding hydrogens is 236 g/mol. The Morgan fingerprint density at radius 1 is 1.42 bits per heavy atom. The van der Waals surface area contributed by atoms with Crippen LogP contribution in [0.15, 0.2) is 42.5 Å². The number of rotatable bonds is 5. The van der Waals surface area contributed by atoms with Gasteiger partial charge in [-0.25, -0.2) is 0 Å². The summed E-state index contributed by atoms with van der Waals surface area (Å²) in [5.41, 5.74) is 2.20. The van der Waals surface area contributed by atoms with E-state index in [9.17, 15) is 5.11 Å². The van der Waals surface area contributed by atoms with E-state index < -0.39 is 0 Å². The van der Waals surface area contributed by atoms with Gasteiger partial charge >= 0.3 is 0 Å². The average Bonchev–Trinajstić information content (AvgIpc) is 2.76. The summed E-state index contributed by atoms with van der Waals surface area (Å²) >= 11 is 0. The lowest BCUT2D eigenvalue weighted by molar-refractivity contribution is -0.0606. The highest BCUT2D eigenvalue weighted by Crippen LogP contribution is 2.46. The third kappa shape index (κ3) is 3.07. The first-order valence-corrected chi connectivity index (χ1v) is 6.98. The molecule has 0 amide bonds. The Balaban J connectivity index is 2.07. The predicted molar refractivity (Wildman–Crippen MR) is 77.7 cm³/mol. The normalized spacial score (nSPS) is 30.5. The molecule has 1 aromatic rings. The van der Waals surface area contributed by atoms with Gasteiger partial charge < -0.3 is 9.84 Å². The smallest absolute Gasteiger partial charge is 0.0721 e.